The molecule has 1 saturated carbocycles. The molecule has 2 aromatic carbocycles. The second kappa shape index (κ2) is 9.88. The van der Waals surface area contributed by atoms with Gasteiger partial charge in [-0.3, -0.25) is 9.80 Å². The molecule has 0 spiro atoms. The Balaban J connectivity index is 1.61. The minimum absolute atomic E-state index is 0.0648. The highest BCUT2D eigenvalue weighted by molar-refractivity contribution is 14.1. The standard InChI is InChI=1S/C23H24Cl2IN3O/c24-16-9-12-21(19(25)13-16)29-22(15-7-10-17(26)11-8-15)14-20(28-29)23(30)27-18-5-3-1-2-4-6-18/h7-13,18,22H,1-6,14H2,(H,27,30). The summed E-state index contributed by atoms with van der Waals surface area (Å²) >= 11 is 14.9. The van der Waals surface area contributed by atoms with Gasteiger partial charge >= 0.3 is 0 Å². The smallest absolute Gasteiger partial charge is 0.267 e. The Morgan fingerprint density at radius 2 is 1.73 bits per heavy atom. The summed E-state index contributed by atoms with van der Waals surface area (Å²) in [7, 11) is 0. The fraction of sp³-hybridized carbons (Fsp3) is 0.391. The van der Waals surface area contributed by atoms with Crippen LogP contribution in [0.4, 0.5) is 5.69 Å². The third-order valence-electron chi connectivity index (χ3n) is 5.77. The molecule has 7 heteroatoms. The van der Waals surface area contributed by atoms with Gasteiger partial charge in [0.1, 0.15) is 5.71 Å². The largest absolute Gasteiger partial charge is 0.348 e. The lowest BCUT2D eigenvalue weighted by Crippen LogP contribution is -2.38. The number of halogens is 3. The summed E-state index contributed by atoms with van der Waals surface area (Å²) in [5, 5.41) is 10.9. The Morgan fingerprint density at radius 1 is 1.03 bits per heavy atom. The van der Waals surface area contributed by atoms with Crippen LogP contribution < -0.4 is 10.3 Å². The highest BCUT2D eigenvalue weighted by Gasteiger charge is 2.34. The molecule has 1 unspecified atom stereocenters. The van der Waals surface area contributed by atoms with E-state index in [1.54, 1.807) is 12.1 Å². The van der Waals surface area contributed by atoms with E-state index in [0.29, 0.717) is 22.2 Å². The molecule has 1 amide bonds. The topological polar surface area (TPSA) is 44.7 Å². The lowest BCUT2D eigenvalue weighted by molar-refractivity contribution is -0.115. The molecule has 0 saturated heterocycles. The number of rotatable bonds is 4. The Labute approximate surface area is 201 Å². The number of anilines is 1. The van der Waals surface area contributed by atoms with Crippen molar-refractivity contribution in [2.24, 2.45) is 5.10 Å². The average molecular weight is 556 g/mol. The van der Waals surface area contributed by atoms with Crippen LogP contribution in [0.15, 0.2) is 47.6 Å². The van der Waals surface area contributed by atoms with E-state index >= 15 is 0 Å². The molecule has 0 aromatic heterocycles. The van der Waals surface area contributed by atoms with E-state index in [1.807, 2.05) is 11.1 Å². The Kier molecular flexibility index (Phi) is 7.21. The van der Waals surface area contributed by atoms with Gasteiger partial charge in [-0.2, -0.15) is 5.10 Å². The van der Waals surface area contributed by atoms with E-state index in [4.69, 9.17) is 28.3 Å². The summed E-state index contributed by atoms with van der Waals surface area (Å²) < 4.78 is 1.16. The third kappa shape index (κ3) is 5.11. The number of hydrazone groups is 1. The number of carbonyl (C=O) groups is 1. The molecule has 2 aliphatic rings. The van der Waals surface area contributed by atoms with Gasteiger partial charge < -0.3 is 5.32 Å². The molecule has 4 rings (SSSR count). The first-order valence-corrected chi connectivity index (χ1v) is 12.2. The van der Waals surface area contributed by atoms with Gasteiger partial charge in [0.25, 0.3) is 5.91 Å². The minimum atomic E-state index is -0.0874. The van der Waals surface area contributed by atoms with Crippen molar-refractivity contribution < 1.29 is 4.79 Å². The molecule has 1 fully saturated rings. The van der Waals surface area contributed by atoms with Crippen LogP contribution in [-0.2, 0) is 4.79 Å². The van der Waals surface area contributed by atoms with E-state index < -0.39 is 0 Å². The van der Waals surface area contributed by atoms with Crippen molar-refractivity contribution in [3.8, 4) is 0 Å². The summed E-state index contributed by atoms with van der Waals surface area (Å²) in [5.74, 6) is -0.0648. The van der Waals surface area contributed by atoms with Crippen LogP contribution >= 0.6 is 45.8 Å². The van der Waals surface area contributed by atoms with Gasteiger partial charge in [0.2, 0.25) is 0 Å². The average Bonchev–Trinajstić information content (AvgIpc) is 3.00. The van der Waals surface area contributed by atoms with E-state index in [9.17, 15) is 4.79 Å². The van der Waals surface area contributed by atoms with Gasteiger partial charge in [0.15, 0.2) is 0 Å². The van der Waals surface area contributed by atoms with Gasteiger partial charge in [-0.1, -0.05) is 61.0 Å². The van der Waals surface area contributed by atoms with Crippen LogP contribution in [0, 0.1) is 3.57 Å². The fourth-order valence-corrected chi connectivity index (χ4v) is 5.03. The summed E-state index contributed by atoms with van der Waals surface area (Å²) in [6.45, 7) is 0. The Morgan fingerprint density at radius 3 is 2.40 bits per heavy atom. The fourth-order valence-electron chi connectivity index (χ4n) is 4.17. The number of carbonyl (C=O) groups excluding carboxylic acids is 1. The molecule has 0 bridgehead atoms. The number of nitrogens with zero attached hydrogens (tertiary/aromatic N) is 2. The van der Waals surface area contributed by atoms with Gasteiger partial charge in [0.05, 0.1) is 16.8 Å². The van der Waals surface area contributed by atoms with Crippen molar-refractivity contribution >= 4 is 63.1 Å². The molecule has 1 heterocycles. The molecule has 1 aliphatic heterocycles. The molecule has 1 N–H and O–H groups in total. The number of amides is 1. The van der Waals surface area contributed by atoms with Crippen molar-refractivity contribution in [2.45, 2.75) is 57.0 Å². The molecule has 0 radical (unpaired) electrons. The van der Waals surface area contributed by atoms with Crippen LogP contribution in [0.2, 0.25) is 10.0 Å². The highest BCUT2D eigenvalue weighted by Crippen LogP contribution is 2.39. The first kappa shape index (κ1) is 21.9. The Bertz CT molecular complexity index is 940. The van der Waals surface area contributed by atoms with Crippen LogP contribution in [0.1, 0.15) is 56.6 Å². The van der Waals surface area contributed by atoms with Gasteiger partial charge in [0, 0.05) is 21.1 Å². The zero-order valence-electron chi connectivity index (χ0n) is 16.6. The predicted octanol–water partition coefficient (Wildman–Crippen LogP) is 6.74. The molecule has 30 heavy (non-hydrogen) atoms. The van der Waals surface area contributed by atoms with E-state index in [1.165, 1.54) is 25.7 Å². The summed E-state index contributed by atoms with van der Waals surface area (Å²) in [6.07, 6.45) is 7.50. The second-order valence-electron chi connectivity index (χ2n) is 7.92. The van der Waals surface area contributed by atoms with Crippen LogP contribution in [0.3, 0.4) is 0 Å². The summed E-state index contributed by atoms with van der Waals surface area (Å²) in [5.41, 5.74) is 2.40. The number of hydrogen-bond acceptors (Lipinski definition) is 3. The van der Waals surface area contributed by atoms with Crippen molar-refractivity contribution in [3.63, 3.8) is 0 Å². The van der Waals surface area contributed by atoms with Crippen molar-refractivity contribution in [1.29, 1.82) is 0 Å². The normalized spacial score (nSPS) is 20.0. The first-order valence-electron chi connectivity index (χ1n) is 10.4. The highest BCUT2D eigenvalue weighted by atomic mass is 127. The molecule has 2 aromatic rings. The van der Waals surface area contributed by atoms with Crippen LogP contribution in [-0.4, -0.2) is 17.7 Å². The van der Waals surface area contributed by atoms with Crippen LogP contribution in [0.25, 0.3) is 0 Å². The summed E-state index contributed by atoms with van der Waals surface area (Å²) in [4.78, 5) is 13.0. The number of benzene rings is 2. The van der Waals surface area contributed by atoms with Crippen molar-refractivity contribution in [3.05, 3.63) is 61.6 Å². The van der Waals surface area contributed by atoms with Crippen molar-refractivity contribution in [1.82, 2.24) is 5.32 Å². The summed E-state index contributed by atoms with van der Waals surface area (Å²) in [6, 6.07) is 13.8. The molecule has 1 aliphatic carbocycles. The van der Waals surface area contributed by atoms with E-state index in [0.717, 1.165) is 27.7 Å². The predicted molar refractivity (Wildman–Crippen MR) is 133 cm³/mol. The van der Waals surface area contributed by atoms with Crippen LogP contribution in [0.5, 0.6) is 0 Å². The SMILES string of the molecule is O=C(NC1CCCCCC1)C1=NN(c2ccc(Cl)cc2Cl)C(c2ccc(I)cc2)C1. The Hall–Kier alpha value is -1.31. The van der Waals surface area contributed by atoms with Gasteiger partial charge in [-0.15, -0.1) is 0 Å². The maximum absolute atomic E-state index is 13.0. The monoisotopic (exact) mass is 555 g/mol. The lowest BCUT2D eigenvalue weighted by Gasteiger charge is -2.25. The van der Waals surface area contributed by atoms with E-state index in [-0.39, 0.29) is 18.0 Å². The van der Waals surface area contributed by atoms with Crippen molar-refractivity contribution in [2.75, 3.05) is 5.01 Å². The third-order valence-corrected chi connectivity index (χ3v) is 7.03. The molecular formula is C23H24Cl2IN3O. The minimum Gasteiger partial charge on any atom is -0.348 e. The molecular weight excluding hydrogens is 532 g/mol. The zero-order chi connectivity index (χ0) is 21.1. The molecule has 1 atom stereocenters. The van der Waals surface area contributed by atoms with Gasteiger partial charge in [-0.05, 0) is 71.3 Å². The molecule has 158 valence electrons. The quantitative estimate of drug-likeness (QED) is 0.335. The maximum Gasteiger partial charge on any atom is 0.267 e. The number of hydrogen-bond donors (Lipinski definition) is 1. The zero-order valence-corrected chi connectivity index (χ0v) is 20.3. The number of nitrogens with one attached hydrogen (secondary N) is 1. The van der Waals surface area contributed by atoms with E-state index in [2.05, 4.69) is 52.2 Å². The molecule has 4 nitrogen and oxygen atoms in total. The lowest BCUT2D eigenvalue weighted by atomic mass is 10.0. The second-order valence-corrected chi connectivity index (χ2v) is 10.0. The first-order chi connectivity index (χ1) is 14.5. The maximum atomic E-state index is 13.0. The van der Waals surface area contributed by atoms with Gasteiger partial charge in [-0.25, -0.2) is 0 Å².